The first-order valence-electron chi connectivity index (χ1n) is 7.83. The van der Waals surface area contributed by atoms with Crippen LogP contribution in [-0.2, 0) is 22.5 Å². The van der Waals surface area contributed by atoms with Crippen LogP contribution in [0.5, 0.6) is 0 Å². The van der Waals surface area contributed by atoms with Crippen LogP contribution in [0.15, 0.2) is 24.3 Å². The van der Waals surface area contributed by atoms with Crippen LogP contribution in [0.2, 0.25) is 0 Å². The third-order valence-corrected chi connectivity index (χ3v) is 4.17. The van der Waals surface area contributed by atoms with Gasteiger partial charge in [-0.1, -0.05) is 31.2 Å². The normalized spacial score (nSPS) is 22.5. The Bertz CT molecular complexity index is 427. The highest BCUT2D eigenvalue weighted by molar-refractivity contribution is 5.74. The highest BCUT2D eigenvalue weighted by atomic mass is 16.5. The maximum Gasteiger partial charge on any atom is 0.364 e. The Hall–Kier alpha value is -1.35. The van der Waals surface area contributed by atoms with Gasteiger partial charge in [0, 0.05) is 12.0 Å². The zero-order valence-electron chi connectivity index (χ0n) is 12.7. The fourth-order valence-corrected chi connectivity index (χ4v) is 2.97. The van der Waals surface area contributed by atoms with E-state index in [2.05, 4.69) is 31.2 Å². The number of nitrogens with one attached hydrogen (secondary N) is 1. The number of likely N-dealkylation sites (tertiary alicyclic amines) is 1. The van der Waals surface area contributed by atoms with Crippen molar-refractivity contribution in [3.63, 3.8) is 0 Å². The number of benzene rings is 1. The molecular formula is C17H26NO2+. The number of ether oxygens (including phenoxy) is 1. The van der Waals surface area contributed by atoms with Crippen LogP contribution in [0.1, 0.15) is 44.2 Å². The molecular weight excluding hydrogens is 250 g/mol. The van der Waals surface area contributed by atoms with Crippen LogP contribution in [0.3, 0.4) is 0 Å². The second-order valence-corrected chi connectivity index (χ2v) is 5.56. The van der Waals surface area contributed by atoms with Gasteiger partial charge in [0.2, 0.25) is 0 Å². The summed E-state index contributed by atoms with van der Waals surface area (Å²) in [6.45, 7) is 6.52. The van der Waals surface area contributed by atoms with Crippen molar-refractivity contribution in [3.05, 3.63) is 35.4 Å². The highest BCUT2D eigenvalue weighted by Crippen LogP contribution is 2.08. The molecule has 0 bridgehead atoms. The Balaban J connectivity index is 2.02. The van der Waals surface area contributed by atoms with Crippen molar-refractivity contribution in [2.24, 2.45) is 0 Å². The molecule has 1 fully saturated rings. The van der Waals surface area contributed by atoms with Crippen molar-refractivity contribution < 1.29 is 14.4 Å². The van der Waals surface area contributed by atoms with Gasteiger partial charge in [-0.2, -0.15) is 0 Å². The van der Waals surface area contributed by atoms with Crippen molar-refractivity contribution in [3.8, 4) is 0 Å². The van der Waals surface area contributed by atoms with E-state index in [9.17, 15) is 4.79 Å². The number of carbonyl (C=O) groups excluding carboxylic acids is 1. The van der Waals surface area contributed by atoms with E-state index in [4.69, 9.17) is 4.74 Å². The second-order valence-electron chi connectivity index (χ2n) is 5.56. The maximum absolute atomic E-state index is 12.1. The van der Waals surface area contributed by atoms with Gasteiger partial charge in [0.25, 0.3) is 0 Å². The molecule has 0 radical (unpaired) electrons. The van der Waals surface area contributed by atoms with Gasteiger partial charge in [-0.25, -0.2) is 4.79 Å². The minimum atomic E-state index is -0.0209. The number of esters is 1. The first-order valence-corrected chi connectivity index (χ1v) is 7.83. The Morgan fingerprint density at radius 1 is 1.20 bits per heavy atom. The van der Waals surface area contributed by atoms with E-state index in [1.54, 1.807) is 0 Å². The average molecular weight is 276 g/mol. The van der Waals surface area contributed by atoms with Gasteiger partial charge in [0.15, 0.2) is 6.04 Å². The first-order chi connectivity index (χ1) is 9.74. The Morgan fingerprint density at radius 2 is 1.90 bits per heavy atom. The summed E-state index contributed by atoms with van der Waals surface area (Å²) in [5.41, 5.74) is 2.68. The van der Waals surface area contributed by atoms with Crippen LogP contribution in [0.25, 0.3) is 0 Å². The van der Waals surface area contributed by atoms with Gasteiger partial charge in [0.05, 0.1) is 13.2 Å². The van der Waals surface area contributed by atoms with Gasteiger partial charge in [0.1, 0.15) is 6.54 Å². The molecule has 1 aliphatic rings. The topological polar surface area (TPSA) is 30.7 Å². The van der Waals surface area contributed by atoms with Crippen LogP contribution in [-0.4, -0.2) is 25.2 Å². The molecule has 1 saturated heterocycles. The smallest absolute Gasteiger partial charge is 0.364 e. The lowest BCUT2D eigenvalue weighted by atomic mass is 10.0. The molecule has 0 aromatic heterocycles. The molecule has 1 unspecified atom stereocenters. The summed E-state index contributed by atoms with van der Waals surface area (Å²) in [5, 5.41) is 0. The van der Waals surface area contributed by atoms with Crippen LogP contribution in [0, 0.1) is 0 Å². The summed E-state index contributed by atoms with van der Waals surface area (Å²) in [6, 6.07) is 8.80. The van der Waals surface area contributed by atoms with E-state index in [1.807, 2.05) is 6.92 Å². The molecule has 1 N–H and O–H groups in total. The molecule has 20 heavy (non-hydrogen) atoms. The van der Waals surface area contributed by atoms with E-state index in [0.717, 1.165) is 32.4 Å². The molecule has 1 aliphatic heterocycles. The monoisotopic (exact) mass is 276 g/mol. The molecule has 0 spiro atoms. The van der Waals surface area contributed by atoms with Crippen molar-refractivity contribution in [1.29, 1.82) is 0 Å². The van der Waals surface area contributed by atoms with Gasteiger partial charge < -0.3 is 9.64 Å². The van der Waals surface area contributed by atoms with Gasteiger partial charge >= 0.3 is 5.97 Å². The summed E-state index contributed by atoms with van der Waals surface area (Å²) in [4.78, 5) is 13.4. The minimum absolute atomic E-state index is 0.0209. The number of hydrogen-bond acceptors (Lipinski definition) is 2. The second kappa shape index (κ2) is 7.44. The summed E-state index contributed by atoms with van der Waals surface area (Å²) >= 11 is 0. The van der Waals surface area contributed by atoms with E-state index < -0.39 is 0 Å². The van der Waals surface area contributed by atoms with Crippen molar-refractivity contribution >= 4 is 5.97 Å². The predicted molar refractivity (Wildman–Crippen MR) is 79.6 cm³/mol. The summed E-state index contributed by atoms with van der Waals surface area (Å²) in [7, 11) is 0. The Kier molecular flexibility index (Phi) is 5.60. The van der Waals surface area contributed by atoms with E-state index >= 15 is 0 Å². The van der Waals surface area contributed by atoms with Crippen molar-refractivity contribution in [2.45, 2.75) is 52.1 Å². The molecule has 110 valence electrons. The lowest BCUT2D eigenvalue weighted by molar-refractivity contribution is -0.935. The third-order valence-electron chi connectivity index (χ3n) is 4.17. The molecule has 3 nitrogen and oxygen atoms in total. The van der Waals surface area contributed by atoms with E-state index in [1.165, 1.54) is 22.4 Å². The van der Waals surface area contributed by atoms with Crippen LogP contribution >= 0.6 is 0 Å². The van der Waals surface area contributed by atoms with Crippen LogP contribution < -0.4 is 4.90 Å². The lowest BCUT2D eigenvalue weighted by Crippen LogP contribution is -3.16. The molecule has 1 aromatic rings. The number of rotatable bonds is 5. The Morgan fingerprint density at radius 3 is 2.55 bits per heavy atom. The fraction of sp³-hybridized carbons (Fsp3) is 0.588. The molecule has 3 heteroatoms. The largest absolute Gasteiger partial charge is 0.462 e. The quantitative estimate of drug-likeness (QED) is 0.831. The molecule has 2 rings (SSSR count). The number of aryl methyl sites for hydroxylation is 1. The van der Waals surface area contributed by atoms with Gasteiger partial charge in [-0.3, -0.25) is 0 Å². The molecule has 1 aromatic carbocycles. The maximum atomic E-state index is 12.1. The number of carbonyl (C=O) groups is 1. The summed E-state index contributed by atoms with van der Waals surface area (Å²) in [6.07, 6.45) is 4.38. The molecule has 2 atom stereocenters. The van der Waals surface area contributed by atoms with E-state index in [-0.39, 0.29) is 12.0 Å². The van der Waals surface area contributed by atoms with Crippen molar-refractivity contribution in [2.75, 3.05) is 13.2 Å². The molecule has 0 amide bonds. The predicted octanol–water partition coefficient (Wildman–Crippen LogP) is 1.75. The first kappa shape index (κ1) is 15.0. The zero-order valence-corrected chi connectivity index (χ0v) is 12.7. The molecule has 0 aliphatic carbocycles. The van der Waals surface area contributed by atoms with Crippen molar-refractivity contribution in [1.82, 2.24) is 0 Å². The average Bonchev–Trinajstić information content (AvgIpc) is 2.49. The fourth-order valence-electron chi connectivity index (χ4n) is 2.97. The molecule has 1 heterocycles. The summed E-state index contributed by atoms with van der Waals surface area (Å²) < 4.78 is 5.23. The zero-order chi connectivity index (χ0) is 14.4. The lowest BCUT2D eigenvalue weighted by Gasteiger charge is -2.31. The molecule has 0 saturated carbocycles. The minimum Gasteiger partial charge on any atom is -0.462 e. The standard InChI is InChI=1S/C17H25NO2/c1-3-14-8-10-15(11-9-14)13-18-12-6-5-7-16(18)17(19)20-4-2/h8-11,16H,3-7,12-13H2,1-2H3/p+1/t16-/m1/s1. The summed E-state index contributed by atoms with van der Waals surface area (Å²) in [5.74, 6) is -0.0209. The highest BCUT2D eigenvalue weighted by Gasteiger charge is 2.33. The number of piperidine rings is 1. The van der Waals surface area contributed by atoms with Gasteiger partial charge in [-0.05, 0) is 31.7 Å². The SMILES string of the molecule is CCOC(=O)[C@H]1CCCC[NH+]1Cc1ccc(CC)cc1. The van der Waals surface area contributed by atoms with E-state index in [0.29, 0.717) is 6.61 Å². The Labute approximate surface area is 121 Å². The number of quaternary nitrogens is 1. The third kappa shape index (κ3) is 3.83. The van der Waals surface area contributed by atoms with Gasteiger partial charge in [-0.15, -0.1) is 0 Å². The number of hydrogen-bond donors (Lipinski definition) is 1. The van der Waals surface area contributed by atoms with Crippen LogP contribution in [0.4, 0.5) is 0 Å².